The van der Waals surface area contributed by atoms with Gasteiger partial charge in [0.15, 0.2) is 0 Å². The van der Waals surface area contributed by atoms with E-state index in [4.69, 9.17) is 10.6 Å². The molecule has 2 aromatic rings. The Bertz CT molecular complexity index is 599. The summed E-state index contributed by atoms with van der Waals surface area (Å²) in [5.41, 5.74) is 4.53. The summed E-state index contributed by atoms with van der Waals surface area (Å²) in [6, 6.07) is 3.78. The summed E-state index contributed by atoms with van der Waals surface area (Å²) < 4.78 is 5.04. The maximum atomic E-state index is 5.49. The second kappa shape index (κ2) is 6.85. The molecule has 0 amide bonds. The predicted octanol–water partition coefficient (Wildman–Crippen LogP) is 1.65. The number of nitrogens with one attached hydrogen (secondary N) is 2. The number of ether oxygens (including phenoxy) is 1. The van der Waals surface area contributed by atoms with Crippen LogP contribution in [0.25, 0.3) is 0 Å². The van der Waals surface area contributed by atoms with Gasteiger partial charge in [-0.3, -0.25) is 0 Å². The molecule has 2 aromatic heterocycles. The van der Waals surface area contributed by atoms with Crippen LogP contribution in [-0.2, 0) is 13.0 Å². The second-order valence-electron chi connectivity index (χ2n) is 4.52. The molecule has 0 saturated carbocycles. The van der Waals surface area contributed by atoms with Crippen LogP contribution >= 0.6 is 0 Å². The first-order chi connectivity index (χ1) is 10.2. The van der Waals surface area contributed by atoms with Crippen LogP contribution in [0.4, 0.5) is 11.6 Å². The number of methoxy groups -OCH3 is 1. The van der Waals surface area contributed by atoms with Crippen molar-refractivity contribution in [1.82, 2.24) is 15.0 Å². The first kappa shape index (κ1) is 15.0. The molecular formula is C14H20N6O. The molecule has 2 heterocycles. The van der Waals surface area contributed by atoms with Gasteiger partial charge in [-0.25, -0.2) is 20.8 Å². The molecule has 0 aliphatic carbocycles. The van der Waals surface area contributed by atoms with Gasteiger partial charge in [0.25, 0.3) is 0 Å². The molecule has 2 rings (SSSR count). The summed E-state index contributed by atoms with van der Waals surface area (Å²) in [6.07, 6.45) is 2.51. The molecule has 0 saturated heterocycles. The largest absolute Gasteiger partial charge is 0.481 e. The normalized spacial score (nSPS) is 10.3. The molecule has 0 aromatic carbocycles. The number of nitrogens with zero attached hydrogens (tertiary/aromatic N) is 3. The van der Waals surface area contributed by atoms with Crippen LogP contribution in [0, 0.1) is 6.92 Å². The topological polar surface area (TPSA) is 98.0 Å². The number of hydrogen-bond acceptors (Lipinski definition) is 7. The van der Waals surface area contributed by atoms with Gasteiger partial charge in [-0.2, -0.15) is 0 Å². The average Bonchev–Trinajstić information content (AvgIpc) is 2.54. The van der Waals surface area contributed by atoms with Crippen molar-refractivity contribution < 1.29 is 4.74 Å². The van der Waals surface area contributed by atoms with Crippen LogP contribution in [0.5, 0.6) is 5.88 Å². The third-order valence-corrected chi connectivity index (χ3v) is 3.11. The summed E-state index contributed by atoms with van der Waals surface area (Å²) in [4.78, 5) is 13.0. The lowest BCUT2D eigenvalue weighted by atomic mass is 10.2. The van der Waals surface area contributed by atoms with Crippen molar-refractivity contribution in [3.63, 3.8) is 0 Å². The smallest absolute Gasteiger partial charge is 0.212 e. The summed E-state index contributed by atoms with van der Waals surface area (Å²) in [7, 11) is 1.60. The molecule has 7 heteroatoms. The zero-order valence-corrected chi connectivity index (χ0v) is 12.5. The average molecular weight is 288 g/mol. The van der Waals surface area contributed by atoms with Gasteiger partial charge in [-0.05, 0) is 12.5 Å². The number of aryl methyl sites for hydroxylation is 1. The molecule has 0 radical (unpaired) electrons. The van der Waals surface area contributed by atoms with E-state index < -0.39 is 0 Å². The minimum Gasteiger partial charge on any atom is -0.481 e. The van der Waals surface area contributed by atoms with Crippen LogP contribution < -0.4 is 21.3 Å². The van der Waals surface area contributed by atoms with E-state index >= 15 is 0 Å². The van der Waals surface area contributed by atoms with E-state index in [0.29, 0.717) is 18.2 Å². The predicted molar refractivity (Wildman–Crippen MR) is 82.1 cm³/mol. The molecule has 0 aliphatic rings. The van der Waals surface area contributed by atoms with Gasteiger partial charge in [0.05, 0.1) is 7.11 Å². The standard InChI is InChI=1S/C14H20N6O/c1-4-11-18-13(9(2)14(19-11)20-15)17-8-10-5-6-12(21-3)16-7-10/h5-7H,4,8,15H2,1-3H3,(H2,17,18,19,20). The fourth-order valence-electron chi connectivity index (χ4n) is 1.86. The third kappa shape index (κ3) is 3.57. The molecule has 0 unspecified atom stereocenters. The number of anilines is 2. The molecule has 0 fully saturated rings. The highest BCUT2D eigenvalue weighted by Gasteiger charge is 2.09. The maximum Gasteiger partial charge on any atom is 0.212 e. The van der Waals surface area contributed by atoms with Crippen molar-refractivity contribution in [2.24, 2.45) is 5.84 Å². The van der Waals surface area contributed by atoms with E-state index in [2.05, 4.69) is 25.7 Å². The van der Waals surface area contributed by atoms with Gasteiger partial charge in [0.1, 0.15) is 17.5 Å². The molecule has 112 valence electrons. The molecule has 0 bridgehead atoms. The van der Waals surface area contributed by atoms with Gasteiger partial charge in [-0.15, -0.1) is 0 Å². The SMILES string of the molecule is CCc1nc(NN)c(C)c(NCc2ccc(OC)nc2)n1. The van der Waals surface area contributed by atoms with Gasteiger partial charge in [0.2, 0.25) is 5.88 Å². The van der Waals surface area contributed by atoms with Crippen LogP contribution in [0.1, 0.15) is 23.9 Å². The summed E-state index contributed by atoms with van der Waals surface area (Å²) >= 11 is 0. The first-order valence-corrected chi connectivity index (χ1v) is 6.74. The lowest BCUT2D eigenvalue weighted by Gasteiger charge is -2.13. The number of nitrogen functional groups attached to an aromatic ring is 1. The van der Waals surface area contributed by atoms with Crippen molar-refractivity contribution in [2.45, 2.75) is 26.8 Å². The van der Waals surface area contributed by atoms with Crippen molar-refractivity contribution in [2.75, 3.05) is 17.9 Å². The summed E-state index contributed by atoms with van der Waals surface area (Å²) in [5.74, 6) is 8.23. The lowest BCUT2D eigenvalue weighted by molar-refractivity contribution is 0.397. The number of rotatable bonds is 6. The Morgan fingerprint density at radius 2 is 2.00 bits per heavy atom. The Morgan fingerprint density at radius 1 is 1.24 bits per heavy atom. The van der Waals surface area contributed by atoms with E-state index in [0.717, 1.165) is 29.2 Å². The number of nitrogens with two attached hydrogens (primary N) is 1. The molecule has 21 heavy (non-hydrogen) atoms. The zero-order chi connectivity index (χ0) is 15.2. The Hall–Kier alpha value is -2.41. The summed E-state index contributed by atoms with van der Waals surface area (Å²) in [6.45, 7) is 4.54. The molecule has 0 spiro atoms. The van der Waals surface area contributed by atoms with Crippen LogP contribution in [0.2, 0.25) is 0 Å². The number of pyridine rings is 1. The Balaban J connectivity index is 2.14. The molecule has 0 atom stereocenters. The highest BCUT2D eigenvalue weighted by molar-refractivity contribution is 5.56. The van der Waals surface area contributed by atoms with Crippen molar-refractivity contribution >= 4 is 11.6 Å². The fourth-order valence-corrected chi connectivity index (χ4v) is 1.86. The lowest BCUT2D eigenvalue weighted by Crippen LogP contribution is -2.14. The fraction of sp³-hybridized carbons (Fsp3) is 0.357. The van der Waals surface area contributed by atoms with E-state index in [1.807, 2.05) is 26.0 Å². The molecular weight excluding hydrogens is 268 g/mol. The maximum absolute atomic E-state index is 5.49. The van der Waals surface area contributed by atoms with Gasteiger partial charge in [0, 0.05) is 30.8 Å². The quantitative estimate of drug-likeness (QED) is 0.549. The molecule has 0 aliphatic heterocycles. The van der Waals surface area contributed by atoms with E-state index in [-0.39, 0.29) is 0 Å². The first-order valence-electron chi connectivity index (χ1n) is 6.74. The molecule has 7 nitrogen and oxygen atoms in total. The van der Waals surface area contributed by atoms with Crippen molar-refractivity contribution in [1.29, 1.82) is 0 Å². The Kier molecular flexibility index (Phi) is 4.89. The highest BCUT2D eigenvalue weighted by atomic mass is 16.5. The highest BCUT2D eigenvalue weighted by Crippen LogP contribution is 2.20. The Morgan fingerprint density at radius 3 is 2.57 bits per heavy atom. The minimum absolute atomic E-state index is 0.597. The minimum atomic E-state index is 0.597. The van der Waals surface area contributed by atoms with Gasteiger partial charge < -0.3 is 15.5 Å². The van der Waals surface area contributed by atoms with Crippen LogP contribution in [0.15, 0.2) is 18.3 Å². The third-order valence-electron chi connectivity index (χ3n) is 3.11. The second-order valence-corrected chi connectivity index (χ2v) is 4.52. The van der Waals surface area contributed by atoms with Crippen LogP contribution in [-0.4, -0.2) is 22.1 Å². The number of hydrazine groups is 1. The van der Waals surface area contributed by atoms with E-state index in [1.54, 1.807) is 13.3 Å². The number of aromatic nitrogens is 3. The summed E-state index contributed by atoms with van der Waals surface area (Å²) in [5, 5.41) is 3.29. The van der Waals surface area contributed by atoms with Gasteiger partial charge >= 0.3 is 0 Å². The van der Waals surface area contributed by atoms with Gasteiger partial charge in [-0.1, -0.05) is 13.0 Å². The van der Waals surface area contributed by atoms with E-state index in [1.165, 1.54) is 0 Å². The van der Waals surface area contributed by atoms with Crippen molar-refractivity contribution in [3.05, 3.63) is 35.3 Å². The van der Waals surface area contributed by atoms with Crippen molar-refractivity contribution in [3.8, 4) is 5.88 Å². The zero-order valence-electron chi connectivity index (χ0n) is 12.5. The van der Waals surface area contributed by atoms with E-state index in [9.17, 15) is 0 Å². The molecule has 4 N–H and O–H groups in total. The van der Waals surface area contributed by atoms with Crippen LogP contribution in [0.3, 0.4) is 0 Å². The monoisotopic (exact) mass is 288 g/mol. The Labute approximate surface area is 123 Å². The number of hydrogen-bond donors (Lipinski definition) is 3.